The highest BCUT2D eigenvalue weighted by Crippen LogP contribution is 2.44. The maximum Gasteiger partial charge on any atom is 0.446 e. The molecule has 0 saturated heterocycles. The van der Waals surface area contributed by atoms with Crippen LogP contribution in [-0.2, 0) is 6.18 Å². The van der Waals surface area contributed by atoms with E-state index in [1.165, 1.54) is 6.07 Å². The SMILES string of the molecule is N#Cc1n[nH]c(-c2ccc(C(F)(F)F)cc2Br)c1SC(F)(F)F. The molecule has 0 spiro atoms. The molecule has 2 aromatic rings. The van der Waals surface area contributed by atoms with Gasteiger partial charge in [0.2, 0.25) is 0 Å². The Kier molecular flexibility index (Phi) is 4.68. The summed E-state index contributed by atoms with van der Waals surface area (Å²) in [6, 6.07) is 3.98. The highest BCUT2D eigenvalue weighted by atomic mass is 79.9. The molecule has 0 aliphatic heterocycles. The Morgan fingerprint density at radius 1 is 1.17 bits per heavy atom. The number of nitrogens with one attached hydrogen (secondary N) is 1. The van der Waals surface area contributed by atoms with Crippen molar-refractivity contribution in [3.05, 3.63) is 33.9 Å². The van der Waals surface area contributed by atoms with Crippen LogP contribution >= 0.6 is 27.7 Å². The Bertz CT molecular complexity index is 775. The average molecular weight is 416 g/mol. The third-order valence-corrected chi connectivity index (χ3v) is 4.10. The number of hydrogen-bond acceptors (Lipinski definition) is 3. The quantitative estimate of drug-likeness (QED) is 0.531. The van der Waals surface area contributed by atoms with Gasteiger partial charge in [0, 0.05) is 10.0 Å². The Hall–Kier alpha value is -1.67. The highest BCUT2D eigenvalue weighted by molar-refractivity contribution is 9.10. The van der Waals surface area contributed by atoms with Crippen molar-refractivity contribution in [2.24, 2.45) is 0 Å². The van der Waals surface area contributed by atoms with Crippen molar-refractivity contribution in [3.63, 3.8) is 0 Å². The molecular weight excluding hydrogens is 412 g/mol. The molecule has 0 unspecified atom stereocenters. The average Bonchev–Trinajstić information content (AvgIpc) is 2.78. The number of nitrogens with zero attached hydrogens (tertiary/aromatic N) is 2. The van der Waals surface area contributed by atoms with Crippen molar-refractivity contribution in [1.82, 2.24) is 10.2 Å². The van der Waals surface area contributed by atoms with Gasteiger partial charge in [-0.1, -0.05) is 22.0 Å². The maximum atomic E-state index is 12.6. The molecule has 0 aliphatic carbocycles. The molecule has 0 fully saturated rings. The second-order valence-electron chi connectivity index (χ2n) is 4.13. The molecule has 0 saturated carbocycles. The molecule has 0 radical (unpaired) electrons. The molecule has 1 aromatic heterocycles. The van der Waals surface area contributed by atoms with Crippen LogP contribution in [-0.4, -0.2) is 15.7 Å². The van der Waals surface area contributed by atoms with Gasteiger partial charge in [0.1, 0.15) is 6.07 Å². The Balaban J connectivity index is 2.55. The lowest BCUT2D eigenvalue weighted by molar-refractivity contribution is -0.137. The number of thioether (sulfide) groups is 1. The zero-order chi connectivity index (χ0) is 17.4. The first-order valence-electron chi connectivity index (χ1n) is 5.64. The van der Waals surface area contributed by atoms with E-state index in [9.17, 15) is 26.3 Å². The molecule has 23 heavy (non-hydrogen) atoms. The molecule has 1 heterocycles. The lowest BCUT2D eigenvalue weighted by Crippen LogP contribution is -2.05. The number of H-pyrrole nitrogens is 1. The van der Waals surface area contributed by atoms with E-state index in [-0.39, 0.29) is 15.7 Å². The van der Waals surface area contributed by atoms with Crippen LogP contribution in [0.4, 0.5) is 26.3 Å². The van der Waals surface area contributed by atoms with Crippen molar-refractivity contribution < 1.29 is 26.3 Å². The van der Waals surface area contributed by atoms with Gasteiger partial charge in [0.15, 0.2) is 5.69 Å². The highest BCUT2D eigenvalue weighted by Gasteiger charge is 2.35. The monoisotopic (exact) mass is 415 g/mol. The fourth-order valence-corrected chi connectivity index (χ4v) is 2.95. The number of hydrogen-bond donors (Lipinski definition) is 1. The zero-order valence-corrected chi connectivity index (χ0v) is 13.1. The fourth-order valence-electron chi connectivity index (χ4n) is 1.70. The van der Waals surface area contributed by atoms with Crippen LogP contribution in [0.3, 0.4) is 0 Å². The first-order valence-corrected chi connectivity index (χ1v) is 7.25. The van der Waals surface area contributed by atoms with E-state index in [4.69, 9.17) is 5.26 Å². The van der Waals surface area contributed by atoms with Gasteiger partial charge in [0.05, 0.1) is 16.2 Å². The van der Waals surface area contributed by atoms with E-state index in [0.29, 0.717) is 0 Å². The second-order valence-corrected chi connectivity index (χ2v) is 6.06. The predicted molar refractivity (Wildman–Crippen MR) is 73.4 cm³/mol. The summed E-state index contributed by atoms with van der Waals surface area (Å²) in [6.45, 7) is 0. The minimum Gasteiger partial charge on any atom is -0.275 e. The fraction of sp³-hybridized carbons (Fsp3) is 0.167. The smallest absolute Gasteiger partial charge is 0.275 e. The molecule has 1 aromatic carbocycles. The molecule has 0 bridgehead atoms. The van der Waals surface area contributed by atoms with Crippen molar-refractivity contribution >= 4 is 27.7 Å². The number of aromatic amines is 1. The van der Waals surface area contributed by atoms with Crippen LogP contribution in [0.5, 0.6) is 0 Å². The van der Waals surface area contributed by atoms with Crippen molar-refractivity contribution in [2.45, 2.75) is 16.6 Å². The van der Waals surface area contributed by atoms with E-state index in [1.807, 2.05) is 0 Å². The van der Waals surface area contributed by atoms with Crippen molar-refractivity contribution in [2.75, 3.05) is 0 Å². The summed E-state index contributed by atoms with van der Waals surface area (Å²) in [5, 5.41) is 14.5. The van der Waals surface area contributed by atoms with Crippen LogP contribution < -0.4 is 0 Å². The summed E-state index contributed by atoms with van der Waals surface area (Å²) >= 11 is 2.34. The minimum absolute atomic E-state index is 0.0266. The van der Waals surface area contributed by atoms with Crippen molar-refractivity contribution in [1.29, 1.82) is 5.26 Å². The molecule has 0 amide bonds. The summed E-state index contributed by atoms with van der Waals surface area (Å²) in [6.07, 6.45) is -4.59. The van der Waals surface area contributed by atoms with Gasteiger partial charge in [-0.05, 0) is 23.9 Å². The van der Waals surface area contributed by atoms with Crippen LogP contribution in [0.1, 0.15) is 11.3 Å². The molecule has 3 nitrogen and oxygen atoms in total. The van der Waals surface area contributed by atoms with Gasteiger partial charge in [-0.3, -0.25) is 5.10 Å². The lowest BCUT2D eigenvalue weighted by atomic mass is 10.1. The van der Waals surface area contributed by atoms with Crippen molar-refractivity contribution in [3.8, 4) is 17.3 Å². The van der Waals surface area contributed by atoms with Gasteiger partial charge in [-0.2, -0.15) is 36.7 Å². The topological polar surface area (TPSA) is 52.5 Å². The molecular formula is C12H4BrF6N3S. The Morgan fingerprint density at radius 2 is 1.83 bits per heavy atom. The third kappa shape index (κ3) is 4.00. The molecule has 122 valence electrons. The lowest BCUT2D eigenvalue weighted by Gasteiger charge is -2.11. The predicted octanol–water partition coefficient (Wildman–Crippen LogP) is 5.34. The summed E-state index contributed by atoms with van der Waals surface area (Å²) in [4.78, 5) is -0.500. The van der Waals surface area contributed by atoms with Gasteiger partial charge in [-0.15, -0.1) is 0 Å². The normalized spacial score (nSPS) is 12.3. The number of aromatic nitrogens is 2. The van der Waals surface area contributed by atoms with E-state index in [1.54, 1.807) is 0 Å². The molecule has 1 N–H and O–H groups in total. The number of nitriles is 1. The van der Waals surface area contributed by atoms with Crippen LogP contribution in [0.25, 0.3) is 11.3 Å². The zero-order valence-electron chi connectivity index (χ0n) is 10.7. The van der Waals surface area contributed by atoms with Gasteiger partial charge < -0.3 is 0 Å². The summed E-state index contributed by atoms with van der Waals surface area (Å²) < 4.78 is 75.6. The summed E-state index contributed by atoms with van der Waals surface area (Å²) in [5.74, 6) is 0. The summed E-state index contributed by atoms with van der Waals surface area (Å²) in [5.41, 5.74) is -6.29. The third-order valence-electron chi connectivity index (χ3n) is 2.61. The molecule has 11 heteroatoms. The number of alkyl halides is 6. The first kappa shape index (κ1) is 17.7. The van der Waals surface area contributed by atoms with E-state index < -0.39 is 39.6 Å². The molecule has 0 atom stereocenters. The van der Waals surface area contributed by atoms with E-state index in [2.05, 4.69) is 26.1 Å². The van der Waals surface area contributed by atoms with Crippen LogP contribution in [0.15, 0.2) is 27.6 Å². The molecule has 2 rings (SSSR count). The Labute approximate surface area is 137 Å². The number of halogens is 7. The van der Waals surface area contributed by atoms with E-state index in [0.717, 1.165) is 18.2 Å². The first-order chi connectivity index (χ1) is 10.5. The molecule has 0 aliphatic rings. The van der Waals surface area contributed by atoms with Gasteiger partial charge in [-0.25, -0.2) is 0 Å². The number of rotatable bonds is 2. The minimum atomic E-state index is -4.68. The van der Waals surface area contributed by atoms with Gasteiger partial charge in [0.25, 0.3) is 0 Å². The number of benzene rings is 1. The van der Waals surface area contributed by atoms with Crippen LogP contribution in [0, 0.1) is 11.3 Å². The largest absolute Gasteiger partial charge is 0.446 e. The standard InChI is InChI=1S/C12H4BrF6N3S/c13-7-3-5(11(14,15)16)1-2-6(7)9-10(23-12(17,18)19)8(4-20)21-22-9/h1-3H,(H,21,22). The Morgan fingerprint density at radius 3 is 2.30 bits per heavy atom. The summed E-state index contributed by atoms with van der Waals surface area (Å²) in [7, 11) is 0. The van der Waals surface area contributed by atoms with Crippen LogP contribution in [0.2, 0.25) is 0 Å². The van der Waals surface area contributed by atoms with Gasteiger partial charge >= 0.3 is 11.7 Å². The van der Waals surface area contributed by atoms with E-state index >= 15 is 0 Å². The second kappa shape index (κ2) is 6.09. The maximum absolute atomic E-state index is 12.6.